The zero-order valence-corrected chi connectivity index (χ0v) is 11.5. The summed E-state index contributed by atoms with van der Waals surface area (Å²) in [7, 11) is 0. The van der Waals surface area contributed by atoms with Crippen LogP contribution in [0.2, 0.25) is 0 Å². The third-order valence-electron chi connectivity index (χ3n) is 1.54. The van der Waals surface area contributed by atoms with Crippen LogP contribution in [0, 0.1) is 0 Å². The van der Waals surface area contributed by atoms with E-state index in [1.165, 1.54) is 0 Å². The zero-order chi connectivity index (χ0) is 14.6. The molecule has 4 nitrogen and oxygen atoms in total. The number of carbonyl (C=O) groups excluding carboxylic acids is 2. The lowest BCUT2D eigenvalue weighted by atomic mass is 10.4. The molecule has 0 rings (SSSR count). The maximum Gasteiger partial charge on any atom is 0.333 e. The maximum atomic E-state index is 10.8. The molecule has 0 radical (unpaired) electrons. The summed E-state index contributed by atoms with van der Waals surface area (Å²) in [6.07, 6.45) is 2.96. The van der Waals surface area contributed by atoms with Gasteiger partial charge in [-0.25, -0.2) is 9.59 Å². The van der Waals surface area contributed by atoms with E-state index >= 15 is 0 Å². The highest BCUT2D eigenvalue weighted by molar-refractivity contribution is 5.87. The van der Waals surface area contributed by atoms with Crippen LogP contribution in [0.15, 0.2) is 37.0 Å². The first-order valence-corrected chi connectivity index (χ1v) is 5.62. The van der Waals surface area contributed by atoms with Gasteiger partial charge in [0, 0.05) is 11.1 Å². The fourth-order valence-electron chi connectivity index (χ4n) is 0.515. The Bertz CT molecular complexity index is 288. The minimum absolute atomic E-state index is 0.0325. The Balaban J connectivity index is 0. The van der Waals surface area contributed by atoms with Gasteiger partial charge >= 0.3 is 11.9 Å². The van der Waals surface area contributed by atoms with Gasteiger partial charge in [0.2, 0.25) is 0 Å². The van der Waals surface area contributed by atoms with Gasteiger partial charge in [-0.15, -0.1) is 6.58 Å². The van der Waals surface area contributed by atoms with Crippen molar-refractivity contribution in [1.82, 2.24) is 0 Å². The predicted molar refractivity (Wildman–Crippen MR) is 72.0 cm³/mol. The Morgan fingerprint density at radius 2 is 1.28 bits per heavy atom. The number of rotatable bonds is 6. The van der Waals surface area contributed by atoms with Crippen LogP contribution in [-0.4, -0.2) is 25.2 Å². The summed E-state index contributed by atoms with van der Waals surface area (Å²) in [4.78, 5) is 21.7. The van der Waals surface area contributed by atoms with Crippen molar-refractivity contribution in [3.63, 3.8) is 0 Å². The molecule has 0 aliphatic heterocycles. The Kier molecular flexibility index (Phi) is 12.0. The third-order valence-corrected chi connectivity index (χ3v) is 1.54. The summed E-state index contributed by atoms with van der Waals surface area (Å²) in [5, 5.41) is 0. The van der Waals surface area contributed by atoms with Gasteiger partial charge in [-0.3, -0.25) is 0 Å². The topological polar surface area (TPSA) is 52.6 Å². The molecule has 0 aromatic rings. The first-order valence-electron chi connectivity index (χ1n) is 5.62. The second-order valence-electron chi connectivity index (χ2n) is 3.53. The smallest absolute Gasteiger partial charge is 0.333 e. The van der Waals surface area contributed by atoms with E-state index in [1.54, 1.807) is 13.8 Å². The number of esters is 2. The first-order chi connectivity index (χ1) is 8.36. The number of hydrogen-bond donors (Lipinski definition) is 0. The van der Waals surface area contributed by atoms with Gasteiger partial charge in [-0.2, -0.15) is 0 Å². The average molecular weight is 254 g/mol. The largest absolute Gasteiger partial charge is 0.459 e. The van der Waals surface area contributed by atoms with Crippen molar-refractivity contribution in [1.29, 1.82) is 0 Å². The van der Waals surface area contributed by atoms with Crippen molar-refractivity contribution in [3.05, 3.63) is 37.0 Å². The Labute approximate surface area is 109 Å². The Morgan fingerprint density at radius 1 is 1.00 bits per heavy atom. The minimum atomic E-state index is -0.489. The van der Waals surface area contributed by atoms with Crippen LogP contribution < -0.4 is 0 Å². The summed E-state index contributed by atoms with van der Waals surface area (Å²) in [5.74, 6) is -0.979. The molecule has 0 amide bonds. The molecular weight excluding hydrogens is 232 g/mol. The molecule has 4 heteroatoms. The normalized spacial score (nSPS) is 8.39. The fraction of sp³-hybridized carbons (Fsp3) is 0.429. The van der Waals surface area contributed by atoms with E-state index in [0.717, 1.165) is 6.42 Å². The number of hydrogen-bond acceptors (Lipinski definition) is 4. The van der Waals surface area contributed by atoms with Crippen LogP contribution in [-0.2, 0) is 19.1 Å². The van der Waals surface area contributed by atoms with E-state index in [0.29, 0.717) is 11.1 Å². The Hall–Kier alpha value is -1.84. The molecule has 0 aromatic carbocycles. The molecule has 102 valence electrons. The molecular formula is C14H22O4. The average Bonchev–Trinajstić information content (AvgIpc) is 2.33. The molecule has 0 unspecified atom stereocenters. The predicted octanol–water partition coefficient (Wildman–Crippen LogP) is 2.81. The highest BCUT2D eigenvalue weighted by Crippen LogP contribution is 1.94. The van der Waals surface area contributed by atoms with Crippen molar-refractivity contribution >= 4 is 11.9 Å². The molecule has 18 heavy (non-hydrogen) atoms. The molecule has 0 aliphatic carbocycles. The minimum Gasteiger partial charge on any atom is -0.459 e. The van der Waals surface area contributed by atoms with Crippen LogP contribution >= 0.6 is 0 Å². The first kappa shape index (κ1) is 18.5. The van der Waals surface area contributed by atoms with Crippen molar-refractivity contribution in [2.45, 2.75) is 27.2 Å². The summed E-state index contributed by atoms with van der Waals surface area (Å²) >= 11 is 0. The van der Waals surface area contributed by atoms with E-state index in [4.69, 9.17) is 0 Å². The number of carbonyl (C=O) groups is 2. The van der Waals surface area contributed by atoms with E-state index in [1.807, 2.05) is 6.08 Å². The van der Waals surface area contributed by atoms with Crippen LogP contribution in [0.1, 0.15) is 27.2 Å². The second-order valence-corrected chi connectivity index (χ2v) is 3.53. The standard InChI is InChI=1S/C10H14O4.C4H8/c1-7(2)9(11)13-5-6-14-10(12)8(3)4;1-3-4-2/h1,3,5-6H2,2,4H3;3H,1,4H2,2H3. The molecule has 0 saturated carbocycles. The third kappa shape index (κ3) is 12.2. The van der Waals surface area contributed by atoms with E-state index < -0.39 is 11.9 Å². The molecule has 0 N–H and O–H groups in total. The molecule has 0 spiro atoms. The van der Waals surface area contributed by atoms with Crippen molar-refractivity contribution in [2.24, 2.45) is 0 Å². The van der Waals surface area contributed by atoms with Crippen LogP contribution in [0.5, 0.6) is 0 Å². The van der Waals surface area contributed by atoms with Gasteiger partial charge in [0.25, 0.3) is 0 Å². The van der Waals surface area contributed by atoms with Crippen LogP contribution in [0.3, 0.4) is 0 Å². The quantitative estimate of drug-likeness (QED) is 0.316. The van der Waals surface area contributed by atoms with Gasteiger partial charge < -0.3 is 9.47 Å². The second kappa shape index (κ2) is 11.6. The lowest BCUT2D eigenvalue weighted by molar-refractivity contribution is -0.147. The molecule has 0 bridgehead atoms. The molecule has 0 aromatic heterocycles. The Morgan fingerprint density at radius 3 is 1.44 bits per heavy atom. The highest BCUT2D eigenvalue weighted by atomic mass is 16.6. The molecule has 0 saturated heterocycles. The molecule has 0 aliphatic rings. The maximum absolute atomic E-state index is 10.8. The van der Waals surface area contributed by atoms with Crippen LogP contribution in [0.4, 0.5) is 0 Å². The lowest BCUT2D eigenvalue weighted by Crippen LogP contribution is -2.14. The van der Waals surface area contributed by atoms with Gasteiger partial charge in [-0.1, -0.05) is 26.2 Å². The molecule has 0 fully saturated rings. The van der Waals surface area contributed by atoms with Gasteiger partial charge in [0.15, 0.2) is 0 Å². The summed E-state index contributed by atoms with van der Waals surface area (Å²) in [5.41, 5.74) is 0.632. The number of allylic oxidation sites excluding steroid dienone is 1. The van der Waals surface area contributed by atoms with Crippen molar-refractivity contribution in [3.8, 4) is 0 Å². The summed E-state index contributed by atoms with van der Waals surface area (Å²) in [6, 6.07) is 0. The lowest BCUT2D eigenvalue weighted by Gasteiger charge is -2.05. The van der Waals surface area contributed by atoms with Crippen LogP contribution in [0.25, 0.3) is 0 Å². The fourth-order valence-corrected chi connectivity index (χ4v) is 0.515. The van der Waals surface area contributed by atoms with Gasteiger partial charge in [0.05, 0.1) is 0 Å². The van der Waals surface area contributed by atoms with E-state index in [-0.39, 0.29) is 13.2 Å². The monoisotopic (exact) mass is 254 g/mol. The molecule has 0 atom stereocenters. The van der Waals surface area contributed by atoms with Gasteiger partial charge in [0.1, 0.15) is 13.2 Å². The van der Waals surface area contributed by atoms with E-state index in [9.17, 15) is 9.59 Å². The van der Waals surface area contributed by atoms with Crippen molar-refractivity contribution < 1.29 is 19.1 Å². The molecule has 0 heterocycles. The van der Waals surface area contributed by atoms with Gasteiger partial charge in [-0.05, 0) is 20.3 Å². The zero-order valence-electron chi connectivity index (χ0n) is 11.5. The summed E-state index contributed by atoms with van der Waals surface area (Å²) in [6.45, 7) is 15.5. The number of ether oxygens (including phenoxy) is 2. The summed E-state index contributed by atoms with van der Waals surface area (Å²) < 4.78 is 9.38. The highest BCUT2D eigenvalue weighted by Gasteiger charge is 2.05. The SMILES string of the molecule is C=C(C)C(=O)OCCOC(=O)C(=C)C.C=CCC. The van der Waals surface area contributed by atoms with E-state index in [2.05, 4.69) is 36.1 Å². The van der Waals surface area contributed by atoms with Crippen molar-refractivity contribution in [2.75, 3.05) is 13.2 Å².